The normalized spacial score (nSPS) is 11.8. The number of aliphatic hydroxyl groups is 1. The summed E-state index contributed by atoms with van der Waals surface area (Å²) in [6, 6.07) is 23.2. The third kappa shape index (κ3) is 3.83. The molecule has 0 aliphatic carbocycles. The summed E-state index contributed by atoms with van der Waals surface area (Å²) in [6.45, 7) is 6.26. The van der Waals surface area contributed by atoms with E-state index in [2.05, 4.69) is 10.6 Å². The molecular weight excluding hydrogens is 377 g/mol. The van der Waals surface area contributed by atoms with E-state index in [1.807, 2.05) is 68.4 Å². The number of aliphatic hydroxyl groups excluding tert-OH is 1. The fraction of sp³-hybridized carbons (Fsp3) is 0.231. The molecule has 4 rings (SSSR count). The van der Waals surface area contributed by atoms with Crippen molar-refractivity contribution in [3.8, 4) is 11.4 Å². The molecule has 0 aliphatic heterocycles. The Morgan fingerprint density at radius 1 is 0.967 bits per heavy atom. The fourth-order valence-electron chi connectivity index (χ4n) is 3.65. The molecule has 4 heteroatoms. The van der Waals surface area contributed by atoms with Crippen LogP contribution in [0.2, 0.25) is 0 Å². The van der Waals surface area contributed by atoms with Crippen molar-refractivity contribution < 1.29 is 14.2 Å². The van der Waals surface area contributed by atoms with Crippen LogP contribution in [0.1, 0.15) is 30.7 Å². The topological polar surface area (TPSA) is 34.4 Å². The third-order valence-corrected chi connectivity index (χ3v) is 5.51. The number of aromatic nitrogens is 1. The Bertz CT molecular complexity index is 1180. The lowest BCUT2D eigenvalue weighted by Gasteiger charge is -2.25. The molecule has 0 amide bonds. The first kappa shape index (κ1) is 20.2. The number of ether oxygens (including phenoxy) is 1. The molecule has 0 saturated heterocycles. The van der Waals surface area contributed by atoms with Crippen LogP contribution < -0.4 is 4.74 Å². The molecule has 30 heavy (non-hydrogen) atoms. The van der Waals surface area contributed by atoms with Gasteiger partial charge in [0.1, 0.15) is 18.2 Å². The van der Waals surface area contributed by atoms with Gasteiger partial charge in [0.2, 0.25) is 0 Å². The lowest BCUT2D eigenvalue weighted by Crippen LogP contribution is -2.25. The van der Waals surface area contributed by atoms with Crippen molar-refractivity contribution in [2.24, 2.45) is 0 Å². The summed E-state index contributed by atoms with van der Waals surface area (Å²) in [7, 11) is 0. The Morgan fingerprint density at radius 3 is 2.43 bits per heavy atom. The van der Waals surface area contributed by atoms with E-state index >= 15 is 0 Å². The minimum Gasteiger partial charge on any atom is -0.489 e. The average molecular weight is 403 g/mol. The van der Waals surface area contributed by atoms with E-state index in [0.29, 0.717) is 12.2 Å². The molecule has 0 radical (unpaired) electrons. The number of nitrogens with zero attached hydrogens (tertiary/aromatic N) is 1. The van der Waals surface area contributed by atoms with Crippen LogP contribution in [0.25, 0.3) is 16.6 Å². The van der Waals surface area contributed by atoms with E-state index in [4.69, 9.17) is 4.74 Å². The van der Waals surface area contributed by atoms with Gasteiger partial charge in [0, 0.05) is 22.2 Å². The average Bonchev–Trinajstić information content (AvgIpc) is 3.14. The highest BCUT2D eigenvalue weighted by molar-refractivity contribution is 5.85. The second-order valence-electron chi connectivity index (χ2n) is 8.34. The smallest absolute Gasteiger partial charge is 0.126 e. The molecule has 0 saturated carbocycles. The Balaban J connectivity index is 1.78. The molecule has 0 fully saturated rings. The second kappa shape index (κ2) is 7.96. The van der Waals surface area contributed by atoms with Crippen molar-refractivity contribution in [3.63, 3.8) is 0 Å². The maximum atomic E-state index is 13.9. The van der Waals surface area contributed by atoms with E-state index in [1.165, 1.54) is 6.07 Å². The number of benzene rings is 3. The molecular formula is C26H26FNO2. The van der Waals surface area contributed by atoms with Gasteiger partial charge in [-0.25, -0.2) is 4.39 Å². The van der Waals surface area contributed by atoms with Crippen LogP contribution in [0.4, 0.5) is 4.39 Å². The third-order valence-electron chi connectivity index (χ3n) is 5.51. The standard InChI is InChI=1S/C26H26FNO2/c1-18-13-21(9-11-23(18)27)28-24-12-10-22(30-16-19-7-5-4-6-8-19)14-20(24)15-25(28)26(2,3)17-29/h4-15,29H,16-17H2,1-3H3. The Labute approximate surface area is 176 Å². The van der Waals surface area contributed by atoms with Crippen molar-refractivity contribution in [2.75, 3.05) is 6.61 Å². The van der Waals surface area contributed by atoms with Crippen molar-refractivity contribution in [1.82, 2.24) is 4.57 Å². The summed E-state index contributed by atoms with van der Waals surface area (Å²) in [6.07, 6.45) is 0. The molecule has 0 unspecified atom stereocenters. The van der Waals surface area contributed by atoms with Gasteiger partial charge in [0.05, 0.1) is 12.1 Å². The summed E-state index contributed by atoms with van der Waals surface area (Å²) in [5, 5.41) is 11.0. The zero-order chi connectivity index (χ0) is 21.3. The van der Waals surface area contributed by atoms with Crippen LogP contribution in [-0.4, -0.2) is 16.3 Å². The van der Waals surface area contributed by atoms with Crippen LogP contribution >= 0.6 is 0 Å². The van der Waals surface area contributed by atoms with Crippen molar-refractivity contribution >= 4 is 10.9 Å². The molecule has 0 atom stereocenters. The Morgan fingerprint density at radius 2 is 1.73 bits per heavy atom. The van der Waals surface area contributed by atoms with Crippen LogP contribution in [-0.2, 0) is 12.0 Å². The first-order chi connectivity index (χ1) is 14.4. The van der Waals surface area contributed by atoms with Crippen molar-refractivity contribution in [1.29, 1.82) is 0 Å². The van der Waals surface area contributed by atoms with Gasteiger partial charge < -0.3 is 14.4 Å². The van der Waals surface area contributed by atoms with Crippen LogP contribution in [0, 0.1) is 12.7 Å². The fourth-order valence-corrected chi connectivity index (χ4v) is 3.65. The van der Waals surface area contributed by atoms with Crippen LogP contribution in [0.3, 0.4) is 0 Å². The minimum absolute atomic E-state index is 0.000856. The predicted octanol–water partition coefficient (Wildman–Crippen LogP) is 5.93. The molecule has 0 aliphatic rings. The van der Waals surface area contributed by atoms with Gasteiger partial charge in [-0.05, 0) is 60.5 Å². The minimum atomic E-state index is -0.466. The molecule has 3 nitrogen and oxygen atoms in total. The van der Waals surface area contributed by atoms with Gasteiger partial charge in [-0.2, -0.15) is 0 Å². The quantitative estimate of drug-likeness (QED) is 0.433. The first-order valence-electron chi connectivity index (χ1n) is 10.1. The summed E-state index contributed by atoms with van der Waals surface area (Å²) < 4.78 is 22.0. The van der Waals surface area contributed by atoms with Gasteiger partial charge in [-0.1, -0.05) is 44.2 Å². The largest absolute Gasteiger partial charge is 0.489 e. The Kier molecular flexibility index (Phi) is 5.35. The monoisotopic (exact) mass is 403 g/mol. The first-order valence-corrected chi connectivity index (χ1v) is 10.1. The molecule has 4 aromatic rings. The summed E-state index contributed by atoms with van der Waals surface area (Å²) in [5.74, 6) is 0.557. The number of halogens is 1. The van der Waals surface area contributed by atoms with Gasteiger partial charge in [-0.3, -0.25) is 0 Å². The lowest BCUT2D eigenvalue weighted by atomic mass is 9.90. The number of fused-ring (bicyclic) bond motifs is 1. The van der Waals surface area contributed by atoms with Gasteiger partial charge in [0.25, 0.3) is 0 Å². The van der Waals surface area contributed by atoms with E-state index in [0.717, 1.165) is 33.6 Å². The van der Waals surface area contributed by atoms with E-state index in [9.17, 15) is 9.50 Å². The highest BCUT2D eigenvalue weighted by Crippen LogP contribution is 2.34. The maximum absolute atomic E-state index is 13.9. The van der Waals surface area contributed by atoms with E-state index < -0.39 is 5.41 Å². The molecule has 0 spiro atoms. The molecule has 3 aromatic carbocycles. The number of rotatable bonds is 6. The maximum Gasteiger partial charge on any atom is 0.126 e. The summed E-state index contributed by atoms with van der Waals surface area (Å²) >= 11 is 0. The Hall–Kier alpha value is -3.11. The van der Waals surface area contributed by atoms with Gasteiger partial charge in [-0.15, -0.1) is 0 Å². The zero-order valence-electron chi connectivity index (χ0n) is 17.5. The van der Waals surface area contributed by atoms with Crippen LogP contribution in [0.5, 0.6) is 5.75 Å². The van der Waals surface area contributed by atoms with Gasteiger partial charge >= 0.3 is 0 Å². The molecule has 154 valence electrons. The molecule has 1 aromatic heterocycles. The number of hydrogen-bond acceptors (Lipinski definition) is 2. The number of aryl methyl sites for hydroxylation is 1. The summed E-state index contributed by atoms with van der Waals surface area (Å²) in [4.78, 5) is 0. The highest BCUT2D eigenvalue weighted by atomic mass is 19.1. The van der Waals surface area contributed by atoms with E-state index in [-0.39, 0.29) is 12.4 Å². The van der Waals surface area contributed by atoms with Crippen molar-refractivity contribution in [2.45, 2.75) is 32.8 Å². The summed E-state index contributed by atoms with van der Waals surface area (Å²) in [5.41, 5.74) is 4.06. The second-order valence-corrected chi connectivity index (χ2v) is 8.34. The van der Waals surface area contributed by atoms with Gasteiger partial charge in [0.15, 0.2) is 0 Å². The zero-order valence-corrected chi connectivity index (χ0v) is 17.5. The molecule has 1 heterocycles. The number of hydrogen-bond donors (Lipinski definition) is 1. The van der Waals surface area contributed by atoms with Crippen LogP contribution in [0.15, 0.2) is 72.8 Å². The van der Waals surface area contributed by atoms with Crippen molar-refractivity contribution in [3.05, 3.63) is 95.4 Å². The molecule has 1 N–H and O–H groups in total. The van der Waals surface area contributed by atoms with E-state index in [1.54, 1.807) is 13.0 Å². The SMILES string of the molecule is Cc1cc(-n2c(C(C)(C)CO)cc3cc(OCc4ccccc4)ccc32)ccc1F. The predicted molar refractivity (Wildman–Crippen MR) is 119 cm³/mol. The lowest BCUT2D eigenvalue weighted by molar-refractivity contribution is 0.214. The molecule has 0 bridgehead atoms. The highest BCUT2D eigenvalue weighted by Gasteiger charge is 2.26.